The Morgan fingerprint density at radius 1 is 1.26 bits per heavy atom. The maximum Gasteiger partial charge on any atom is 0.237 e. The fourth-order valence-corrected chi connectivity index (χ4v) is 3.94. The number of carbonyl (C=O) groups is 1. The molecule has 3 aliphatic rings. The van der Waals surface area contributed by atoms with E-state index in [4.69, 9.17) is 4.74 Å². The molecule has 5 unspecified atom stereocenters. The van der Waals surface area contributed by atoms with Crippen molar-refractivity contribution in [2.24, 2.45) is 5.92 Å². The lowest BCUT2D eigenvalue weighted by molar-refractivity contribution is -0.124. The van der Waals surface area contributed by atoms with E-state index in [0.29, 0.717) is 6.04 Å². The van der Waals surface area contributed by atoms with Crippen molar-refractivity contribution in [3.8, 4) is 0 Å². The second kappa shape index (κ2) is 5.80. The minimum atomic E-state index is 0.0250. The third-order valence-electron chi connectivity index (χ3n) is 5.07. The number of rotatable bonds is 3. The van der Waals surface area contributed by atoms with Gasteiger partial charge in [0.25, 0.3) is 0 Å². The average molecular weight is 266 g/mol. The quantitative estimate of drug-likeness (QED) is 0.815. The predicted octanol–water partition coefficient (Wildman–Crippen LogP) is 1.59. The van der Waals surface area contributed by atoms with Crippen LogP contribution >= 0.6 is 0 Å². The number of hydrogen-bond donors (Lipinski definition) is 2. The molecule has 4 nitrogen and oxygen atoms in total. The number of carbonyl (C=O) groups excluding carboxylic acids is 1. The first-order valence-electron chi connectivity index (χ1n) is 7.92. The Balaban J connectivity index is 1.50. The molecule has 3 fully saturated rings. The second-order valence-electron chi connectivity index (χ2n) is 6.45. The van der Waals surface area contributed by atoms with Crippen LogP contribution in [0.1, 0.15) is 51.9 Å². The van der Waals surface area contributed by atoms with Crippen molar-refractivity contribution in [2.45, 2.75) is 76.1 Å². The molecule has 5 atom stereocenters. The van der Waals surface area contributed by atoms with Gasteiger partial charge in [-0.05, 0) is 44.9 Å². The van der Waals surface area contributed by atoms with E-state index < -0.39 is 0 Å². The van der Waals surface area contributed by atoms with Crippen LogP contribution in [-0.4, -0.2) is 36.7 Å². The predicted molar refractivity (Wildman–Crippen MR) is 73.9 cm³/mol. The van der Waals surface area contributed by atoms with E-state index in [-0.39, 0.29) is 24.1 Å². The second-order valence-corrected chi connectivity index (χ2v) is 6.45. The Kier molecular flexibility index (Phi) is 4.08. The van der Waals surface area contributed by atoms with Crippen LogP contribution in [-0.2, 0) is 9.53 Å². The molecular weight excluding hydrogens is 240 g/mol. The topological polar surface area (TPSA) is 50.4 Å². The molecule has 2 N–H and O–H groups in total. The summed E-state index contributed by atoms with van der Waals surface area (Å²) in [5.74, 6) is 0.903. The van der Waals surface area contributed by atoms with Gasteiger partial charge in [-0.25, -0.2) is 0 Å². The highest BCUT2D eigenvalue weighted by atomic mass is 16.5. The monoisotopic (exact) mass is 266 g/mol. The number of amides is 1. The van der Waals surface area contributed by atoms with E-state index in [1.807, 2.05) is 0 Å². The fraction of sp³-hybridized carbons (Fsp3) is 0.933. The van der Waals surface area contributed by atoms with E-state index in [1.54, 1.807) is 0 Å². The van der Waals surface area contributed by atoms with Crippen molar-refractivity contribution in [2.75, 3.05) is 6.61 Å². The highest BCUT2D eigenvalue weighted by molar-refractivity contribution is 5.82. The molecule has 2 aliphatic heterocycles. The zero-order valence-corrected chi connectivity index (χ0v) is 11.9. The summed E-state index contributed by atoms with van der Waals surface area (Å²) in [5, 5.41) is 6.68. The molecule has 0 aromatic heterocycles. The Hall–Kier alpha value is -0.610. The summed E-state index contributed by atoms with van der Waals surface area (Å²) < 4.78 is 5.64. The van der Waals surface area contributed by atoms with Crippen LogP contribution in [0.4, 0.5) is 0 Å². The first kappa shape index (κ1) is 13.4. The standard InChI is InChI=1S/C15H26N2O2/c1-10(14-7-4-8-19-14)16-15(18)13-9-11-5-2-3-6-12(11)17-13/h10-14,17H,2-9H2,1H3,(H,16,18). The molecule has 19 heavy (non-hydrogen) atoms. The van der Waals surface area contributed by atoms with Crippen molar-refractivity contribution < 1.29 is 9.53 Å². The molecule has 0 spiro atoms. The van der Waals surface area contributed by atoms with E-state index in [0.717, 1.165) is 31.8 Å². The molecule has 108 valence electrons. The van der Waals surface area contributed by atoms with E-state index >= 15 is 0 Å². The largest absolute Gasteiger partial charge is 0.376 e. The summed E-state index contributed by atoms with van der Waals surface area (Å²) in [7, 11) is 0. The lowest BCUT2D eigenvalue weighted by atomic mass is 9.85. The van der Waals surface area contributed by atoms with Crippen LogP contribution in [0, 0.1) is 5.92 Å². The third-order valence-corrected chi connectivity index (χ3v) is 5.07. The van der Waals surface area contributed by atoms with Gasteiger partial charge in [-0.2, -0.15) is 0 Å². The molecule has 3 rings (SSSR count). The van der Waals surface area contributed by atoms with Gasteiger partial charge in [-0.3, -0.25) is 4.79 Å². The van der Waals surface area contributed by atoms with Crippen LogP contribution in [0.2, 0.25) is 0 Å². The van der Waals surface area contributed by atoms with Gasteiger partial charge in [-0.1, -0.05) is 12.8 Å². The number of hydrogen-bond acceptors (Lipinski definition) is 3. The van der Waals surface area contributed by atoms with Crippen LogP contribution in [0.25, 0.3) is 0 Å². The fourth-order valence-electron chi connectivity index (χ4n) is 3.94. The van der Waals surface area contributed by atoms with E-state index in [1.165, 1.54) is 25.7 Å². The average Bonchev–Trinajstić information content (AvgIpc) is 3.07. The van der Waals surface area contributed by atoms with Gasteiger partial charge in [0.1, 0.15) is 0 Å². The Labute approximate surface area is 115 Å². The van der Waals surface area contributed by atoms with Crippen LogP contribution in [0.15, 0.2) is 0 Å². The van der Waals surface area contributed by atoms with Gasteiger partial charge in [0.05, 0.1) is 18.2 Å². The summed E-state index contributed by atoms with van der Waals surface area (Å²) in [6.45, 7) is 2.91. The van der Waals surface area contributed by atoms with Crippen LogP contribution < -0.4 is 10.6 Å². The van der Waals surface area contributed by atoms with Crippen molar-refractivity contribution in [3.63, 3.8) is 0 Å². The minimum Gasteiger partial charge on any atom is -0.376 e. The van der Waals surface area contributed by atoms with Gasteiger partial charge in [0, 0.05) is 12.6 Å². The van der Waals surface area contributed by atoms with Gasteiger partial charge in [-0.15, -0.1) is 0 Å². The summed E-state index contributed by atoms with van der Waals surface area (Å²) in [4.78, 5) is 12.3. The van der Waals surface area contributed by atoms with Crippen molar-refractivity contribution >= 4 is 5.91 Å². The van der Waals surface area contributed by atoms with Crippen molar-refractivity contribution in [1.82, 2.24) is 10.6 Å². The van der Waals surface area contributed by atoms with Crippen molar-refractivity contribution in [3.05, 3.63) is 0 Å². The molecule has 2 heterocycles. The molecule has 1 saturated carbocycles. The lowest BCUT2D eigenvalue weighted by Gasteiger charge is -2.24. The van der Waals surface area contributed by atoms with Gasteiger partial charge in [0.15, 0.2) is 0 Å². The first-order valence-corrected chi connectivity index (χ1v) is 7.92. The SMILES string of the molecule is CC(NC(=O)C1CC2CCCCC2N1)C1CCCO1. The lowest BCUT2D eigenvalue weighted by Crippen LogP contribution is -2.49. The minimum absolute atomic E-state index is 0.0250. The maximum atomic E-state index is 12.3. The maximum absolute atomic E-state index is 12.3. The normalized spacial score (nSPS) is 39.8. The zero-order chi connectivity index (χ0) is 13.2. The van der Waals surface area contributed by atoms with Gasteiger partial charge in [0.2, 0.25) is 5.91 Å². The molecule has 0 aromatic rings. The summed E-state index contributed by atoms with van der Waals surface area (Å²) >= 11 is 0. The highest BCUT2D eigenvalue weighted by Gasteiger charge is 2.38. The highest BCUT2D eigenvalue weighted by Crippen LogP contribution is 2.33. The molecule has 0 aromatic carbocycles. The summed E-state index contributed by atoms with van der Waals surface area (Å²) in [5.41, 5.74) is 0. The van der Waals surface area contributed by atoms with Gasteiger partial charge >= 0.3 is 0 Å². The Morgan fingerprint density at radius 2 is 2.11 bits per heavy atom. The zero-order valence-electron chi connectivity index (χ0n) is 11.9. The molecule has 4 heteroatoms. The number of ether oxygens (including phenoxy) is 1. The van der Waals surface area contributed by atoms with Crippen molar-refractivity contribution in [1.29, 1.82) is 0 Å². The molecule has 2 saturated heterocycles. The van der Waals surface area contributed by atoms with E-state index in [9.17, 15) is 4.79 Å². The smallest absolute Gasteiger partial charge is 0.237 e. The molecule has 1 amide bonds. The van der Waals surface area contributed by atoms with Crippen LogP contribution in [0.5, 0.6) is 0 Å². The molecule has 0 bridgehead atoms. The van der Waals surface area contributed by atoms with E-state index in [2.05, 4.69) is 17.6 Å². The molecule has 0 radical (unpaired) electrons. The first-order chi connectivity index (χ1) is 9.24. The summed E-state index contributed by atoms with van der Waals surface area (Å²) in [6.07, 6.45) is 8.63. The van der Waals surface area contributed by atoms with Crippen LogP contribution in [0.3, 0.4) is 0 Å². The Morgan fingerprint density at radius 3 is 2.84 bits per heavy atom. The third kappa shape index (κ3) is 2.95. The van der Waals surface area contributed by atoms with Gasteiger partial charge < -0.3 is 15.4 Å². The number of fused-ring (bicyclic) bond motifs is 1. The molecule has 1 aliphatic carbocycles. The Bertz CT molecular complexity index is 314. The molecular formula is C15H26N2O2. The number of nitrogens with one attached hydrogen (secondary N) is 2. The summed E-state index contributed by atoms with van der Waals surface area (Å²) in [6, 6.07) is 0.749.